The van der Waals surface area contributed by atoms with Crippen LogP contribution < -0.4 is 15.6 Å². The molecule has 0 radical (unpaired) electrons. The smallest absolute Gasteiger partial charge is 0.306 e. The van der Waals surface area contributed by atoms with E-state index in [0.29, 0.717) is 19.4 Å². The number of hydrogen-bond acceptors (Lipinski definition) is 4. The quantitative estimate of drug-likeness (QED) is 0.102. The molecule has 3 atom stereocenters. The van der Waals surface area contributed by atoms with E-state index in [1.807, 2.05) is 36.4 Å². The Morgan fingerprint density at radius 2 is 1.24 bits per heavy atom. The van der Waals surface area contributed by atoms with Crippen LogP contribution in [0.4, 0.5) is 0 Å². The van der Waals surface area contributed by atoms with Crippen LogP contribution in [0.1, 0.15) is 39.2 Å². The van der Waals surface area contributed by atoms with Crippen LogP contribution >= 0.6 is 0 Å². The summed E-state index contributed by atoms with van der Waals surface area (Å²) in [6.45, 7) is 12.2. The van der Waals surface area contributed by atoms with E-state index in [0.717, 1.165) is 5.56 Å². The van der Waals surface area contributed by atoms with Crippen LogP contribution in [0, 0.1) is 0 Å². The number of ether oxygens (including phenoxy) is 2. The molecule has 4 nitrogen and oxygen atoms in total. The van der Waals surface area contributed by atoms with Crippen LogP contribution in [-0.2, 0) is 25.3 Å². The largest absolute Gasteiger partial charge is 0.457 e. The maximum atomic E-state index is 13.8. The summed E-state index contributed by atoms with van der Waals surface area (Å²) in [5, 5.41) is 3.52. The summed E-state index contributed by atoms with van der Waals surface area (Å²) in [7, 11) is -4.89. The van der Waals surface area contributed by atoms with Gasteiger partial charge in [0, 0.05) is 6.42 Å². The lowest BCUT2D eigenvalue weighted by Gasteiger charge is -2.44. The molecule has 240 valence electrons. The number of carbonyl (C=O) groups is 1. The lowest BCUT2D eigenvalue weighted by atomic mass is 10.1. The molecule has 46 heavy (non-hydrogen) atoms. The third kappa shape index (κ3) is 7.69. The van der Waals surface area contributed by atoms with Gasteiger partial charge < -0.3 is 13.9 Å². The van der Waals surface area contributed by atoms with Gasteiger partial charge in [0.25, 0.3) is 8.32 Å². The molecule has 1 heterocycles. The number of benzene rings is 4. The molecule has 1 aliphatic rings. The maximum absolute atomic E-state index is 13.8. The fourth-order valence-electron chi connectivity index (χ4n) is 6.71. The zero-order valence-electron chi connectivity index (χ0n) is 27.9. The molecule has 0 amide bonds. The molecule has 0 unspecified atom stereocenters. The lowest BCUT2D eigenvalue weighted by Crippen LogP contribution is -2.67. The number of allylic oxidation sites excluding steroid dienone is 1. The fraction of sp³-hybridized carbons (Fsp3) is 0.325. The van der Waals surface area contributed by atoms with Gasteiger partial charge in [-0.2, -0.15) is 0 Å². The highest BCUT2D eigenvalue weighted by atomic mass is 28.4. The van der Waals surface area contributed by atoms with Crippen LogP contribution in [0.25, 0.3) is 0 Å². The Morgan fingerprint density at radius 3 is 1.76 bits per heavy atom. The minimum Gasteiger partial charge on any atom is -0.457 e. The molecule has 0 aromatic heterocycles. The van der Waals surface area contributed by atoms with Crippen molar-refractivity contribution in [3.63, 3.8) is 0 Å². The Kier molecular flexibility index (Phi) is 10.9. The Bertz CT molecular complexity index is 1510. The van der Waals surface area contributed by atoms with E-state index in [1.54, 1.807) is 0 Å². The summed E-state index contributed by atoms with van der Waals surface area (Å²) in [4.78, 5) is 13.8. The van der Waals surface area contributed by atoms with E-state index in [1.165, 1.54) is 15.6 Å². The first kappa shape index (κ1) is 33.8. The lowest BCUT2D eigenvalue weighted by molar-refractivity contribution is -0.161. The predicted molar refractivity (Wildman–Crippen MR) is 194 cm³/mol. The number of rotatable bonds is 10. The number of cyclic esters (lactones) is 1. The van der Waals surface area contributed by atoms with Gasteiger partial charge in [0.05, 0.1) is 21.3 Å². The molecule has 0 spiro atoms. The molecule has 0 aliphatic carbocycles. The fourth-order valence-corrected chi connectivity index (χ4v) is 14.1. The molecule has 0 saturated heterocycles. The van der Waals surface area contributed by atoms with E-state index in [9.17, 15) is 4.79 Å². The number of esters is 1. The van der Waals surface area contributed by atoms with E-state index >= 15 is 0 Å². The van der Waals surface area contributed by atoms with Gasteiger partial charge in [-0.3, -0.25) is 4.79 Å². The van der Waals surface area contributed by atoms with Crippen LogP contribution in [0.3, 0.4) is 0 Å². The van der Waals surface area contributed by atoms with Gasteiger partial charge in [0.15, 0.2) is 6.10 Å². The molecule has 1 aliphatic heterocycles. The van der Waals surface area contributed by atoms with E-state index < -0.39 is 22.5 Å². The van der Waals surface area contributed by atoms with E-state index in [-0.39, 0.29) is 29.3 Å². The van der Waals surface area contributed by atoms with Gasteiger partial charge in [-0.25, -0.2) is 0 Å². The van der Waals surface area contributed by atoms with Crippen molar-refractivity contribution in [3.8, 4) is 0 Å². The Labute approximate surface area is 277 Å². The van der Waals surface area contributed by atoms with Gasteiger partial charge in [-0.15, -0.1) is 0 Å². The second-order valence-electron chi connectivity index (χ2n) is 13.9. The Morgan fingerprint density at radius 1 is 0.739 bits per heavy atom. The van der Waals surface area contributed by atoms with Crippen molar-refractivity contribution < 1.29 is 18.7 Å². The molecule has 6 heteroatoms. The molecule has 5 rings (SSSR count). The van der Waals surface area contributed by atoms with Crippen LogP contribution in [0.15, 0.2) is 133 Å². The summed E-state index contributed by atoms with van der Waals surface area (Å²) < 4.78 is 20.3. The monoisotopic (exact) mass is 648 g/mol. The van der Waals surface area contributed by atoms with E-state index in [2.05, 4.69) is 131 Å². The zero-order chi connectivity index (χ0) is 32.6. The molecule has 4 aromatic carbocycles. The average Bonchev–Trinajstić information content (AvgIpc) is 3.14. The van der Waals surface area contributed by atoms with Gasteiger partial charge in [-0.05, 0) is 32.9 Å². The van der Waals surface area contributed by atoms with Gasteiger partial charge in [0.1, 0.15) is 6.10 Å². The van der Waals surface area contributed by atoms with Crippen molar-refractivity contribution in [2.24, 2.45) is 0 Å². The summed E-state index contributed by atoms with van der Waals surface area (Å²) in [5.41, 5.74) is 1.19. The van der Waals surface area contributed by atoms with Crippen molar-refractivity contribution in [1.82, 2.24) is 0 Å². The van der Waals surface area contributed by atoms with Gasteiger partial charge in [-0.1, -0.05) is 173 Å². The summed E-state index contributed by atoms with van der Waals surface area (Å²) >= 11 is 0. The molecular formula is C40H48O4Si2. The van der Waals surface area contributed by atoms with Crippen LogP contribution in [-0.4, -0.2) is 41.2 Å². The highest BCUT2D eigenvalue weighted by molar-refractivity contribution is 6.99. The predicted octanol–water partition coefficient (Wildman–Crippen LogP) is 7.40. The maximum Gasteiger partial charge on any atom is 0.306 e. The zero-order valence-corrected chi connectivity index (χ0v) is 29.9. The van der Waals surface area contributed by atoms with Crippen LogP contribution in [0.5, 0.6) is 0 Å². The Balaban J connectivity index is 1.49. The standard InChI is InChI=1S/C40H48O4Si2/c1-40(2,3)46(34-23-14-8-15-24-34,35-25-16-9-17-26-35)43-31-38-37(42-30-32-19-10-6-11-20-32)28-18-27-36(29-39(41)44-38)45(4,5)33-21-12-7-13-22-33/h6-27,36-38H,28-31H2,1-5H3/b27-18-/t36-,37+,38-/m1/s1. The van der Waals surface area contributed by atoms with Crippen molar-refractivity contribution in [1.29, 1.82) is 0 Å². The third-order valence-electron chi connectivity index (χ3n) is 9.45. The second-order valence-corrected chi connectivity index (χ2v) is 23.0. The van der Waals surface area contributed by atoms with Gasteiger partial charge in [0.2, 0.25) is 0 Å². The topological polar surface area (TPSA) is 44.8 Å². The minimum atomic E-state index is -2.86. The number of hydrogen-bond donors (Lipinski definition) is 0. The van der Waals surface area contributed by atoms with E-state index in [4.69, 9.17) is 13.9 Å². The first-order chi connectivity index (χ1) is 22.1. The Hall–Kier alpha value is -3.56. The van der Waals surface area contributed by atoms with Crippen LogP contribution in [0.2, 0.25) is 23.7 Å². The van der Waals surface area contributed by atoms with Crippen molar-refractivity contribution in [2.45, 2.75) is 76.1 Å². The highest BCUT2D eigenvalue weighted by Crippen LogP contribution is 2.37. The summed E-state index contributed by atoms with van der Waals surface area (Å²) in [6, 6.07) is 42.0. The molecule has 0 bridgehead atoms. The number of carbonyl (C=O) groups excluding carboxylic acids is 1. The summed E-state index contributed by atoms with van der Waals surface area (Å²) in [6.07, 6.45) is 4.51. The van der Waals surface area contributed by atoms with Crippen molar-refractivity contribution in [2.75, 3.05) is 6.61 Å². The summed E-state index contributed by atoms with van der Waals surface area (Å²) in [5.74, 6) is -0.197. The second kappa shape index (κ2) is 14.9. The van der Waals surface area contributed by atoms with Gasteiger partial charge >= 0.3 is 5.97 Å². The average molecular weight is 649 g/mol. The minimum absolute atomic E-state index is 0.105. The van der Waals surface area contributed by atoms with Crippen molar-refractivity contribution in [3.05, 3.63) is 139 Å². The first-order valence-electron chi connectivity index (χ1n) is 16.4. The molecule has 4 aromatic rings. The highest BCUT2D eigenvalue weighted by Gasteiger charge is 2.51. The third-order valence-corrected chi connectivity index (χ3v) is 18.5. The normalized spacial score (nSPS) is 20.2. The molecule has 0 fully saturated rings. The molecular weight excluding hydrogens is 601 g/mol. The SMILES string of the molecule is CC(C)(C)[Si](OC[C@H]1OC(=O)C[C@H]([Si](C)(C)c2ccccc2)/C=C\C[C@@H]1OCc1ccccc1)(c1ccccc1)c1ccccc1. The van der Waals surface area contributed by atoms with Crippen molar-refractivity contribution >= 4 is 37.9 Å². The first-order valence-corrected chi connectivity index (χ1v) is 21.4. The molecule has 0 N–H and O–H groups in total. The molecule has 0 saturated carbocycles.